The zero-order valence-electron chi connectivity index (χ0n) is 14.0. The highest BCUT2D eigenvalue weighted by molar-refractivity contribution is 7.14. The summed E-state index contributed by atoms with van der Waals surface area (Å²) in [6, 6.07) is 13.4. The van der Waals surface area contributed by atoms with E-state index in [1.165, 1.54) is 11.3 Å². The molecule has 0 aliphatic carbocycles. The number of nitrogens with one attached hydrogen (secondary N) is 2. The average molecular weight is 396 g/mol. The third-order valence-electron chi connectivity index (χ3n) is 4.59. The number of thiazole rings is 1. The van der Waals surface area contributed by atoms with Gasteiger partial charge in [0.05, 0.1) is 5.69 Å². The lowest BCUT2D eigenvalue weighted by Crippen LogP contribution is -2.31. The molecule has 0 saturated heterocycles. The van der Waals surface area contributed by atoms with Crippen LogP contribution in [0.3, 0.4) is 0 Å². The van der Waals surface area contributed by atoms with Gasteiger partial charge in [0.25, 0.3) is 5.91 Å². The van der Waals surface area contributed by atoms with Gasteiger partial charge < -0.3 is 9.72 Å². The molecular formula is C20H14ClN3O2S. The van der Waals surface area contributed by atoms with Gasteiger partial charge in [0.15, 0.2) is 11.2 Å². The van der Waals surface area contributed by atoms with Crippen molar-refractivity contribution in [3.05, 3.63) is 64.6 Å². The molecule has 2 N–H and O–H groups in total. The smallest absolute Gasteiger partial charge is 0.267 e. The average Bonchev–Trinajstić information content (AvgIpc) is 3.38. The van der Waals surface area contributed by atoms with Crippen LogP contribution in [0.5, 0.6) is 5.75 Å². The second-order valence-electron chi connectivity index (χ2n) is 6.34. The van der Waals surface area contributed by atoms with Gasteiger partial charge in [0, 0.05) is 39.5 Å². The molecule has 1 atom stereocenters. The molecule has 7 heteroatoms. The molecule has 0 fully saturated rings. The summed E-state index contributed by atoms with van der Waals surface area (Å²) in [7, 11) is 0. The number of aromatic amines is 1. The number of anilines is 1. The molecule has 0 saturated carbocycles. The van der Waals surface area contributed by atoms with Gasteiger partial charge >= 0.3 is 0 Å². The van der Waals surface area contributed by atoms with Crippen LogP contribution in [0.4, 0.5) is 5.13 Å². The fraction of sp³-hybridized carbons (Fsp3) is 0.100. The number of fused-ring (bicyclic) bond motifs is 2. The molecule has 1 unspecified atom stereocenters. The summed E-state index contributed by atoms with van der Waals surface area (Å²) in [4.78, 5) is 20.4. The van der Waals surface area contributed by atoms with Crippen LogP contribution in [0.2, 0.25) is 5.02 Å². The van der Waals surface area contributed by atoms with E-state index >= 15 is 0 Å². The number of carbonyl (C=O) groups is 1. The van der Waals surface area contributed by atoms with Gasteiger partial charge in [0.2, 0.25) is 0 Å². The van der Waals surface area contributed by atoms with Gasteiger partial charge in [-0.3, -0.25) is 10.1 Å². The number of amides is 1. The Balaban J connectivity index is 1.33. The van der Waals surface area contributed by atoms with E-state index < -0.39 is 6.10 Å². The summed E-state index contributed by atoms with van der Waals surface area (Å²) in [6.45, 7) is 0. The molecule has 0 bridgehead atoms. The number of hydrogen-bond acceptors (Lipinski definition) is 4. The van der Waals surface area contributed by atoms with Crippen molar-refractivity contribution >= 4 is 44.9 Å². The molecule has 1 amide bonds. The maximum atomic E-state index is 12.6. The van der Waals surface area contributed by atoms with Crippen LogP contribution >= 0.6 is 22.9 Å². The van der Waals surface area contributed by atoms with Crippen LogP contribution in [0.1, 0.15) is 5.56 Å². The molecular weight excluding hydrogens is 382 g/mol. The van der Waals surface area contributed by atoms with E-state index in [1.54, 1.807) is 12.1 Å². The van der Waals surface area contributed by atoms with Crippen LogP contribution < -0.4 is 10.1 Å². The first kappa shape index (κ1) is 16.4. The number of para-hydroxylation sites is 1. The molecule has 1 aliphatic heterocycles. The number of nitrogens with zero attached hydrogens (tertiary/aromatic N) is 1. The minimum Gasteiger partial charge on any atom is -0.480 e. The number of ether oxygens (including phenoxy) is 1. The lowest BCUT2D eigenvalue weighted by atomic mass is 10.1. The normalized spacial score (nSPS) is 15.5. The fourth-order valence-electron chi connectivity index (χ4n) is 3.29. The molecule has 27 heavy (non-hydrogen) atoms. The highest BCUT2D eigenvalue weighted by atomic mass is 35.5. The number of halogens is 1. The maximum absolute atomic E-state index is 12.6. The van der Waals surface area contributed by atoms with Gasteiger partial charge in [-0.2, -0.15) is 0 Å². The summed E-state index contributed by atoms with van der Waals surface area (Å²) in [5.41, 5.74) is 3.85. The molecule has 4 aromatic rings. The Morgan fingerprint density at radius 1 is 1.30 bits per heavy atom. The molecule has 5 nitrogen and oxygen atoms in total. The molecule has 3 heterocycles. The Morgan fingerprint density at radius 3 is 3.11 bits per heavy atom. The minimum absolute atomic E-state index is 0.206. The Hall–Kier alpha value is -2.83. The van der Waals surface area contributed by atoms with Gasteiger partial charge in [-0.05, 0) is 29.8 Å². The number of rotatable bonds is 3. The standard InChI is InChI=1S/C20H14ClN3O2S/c21-12-5-6-17-11(7-12)8-18(26-17)19(25)24-20-23-16(10-27-20)14-9-22-15-4-2-1-3-13(14)15/h1-7,9-10,18,22H,8H2,(H,23,24,25). The van der Waals surface area contributed by atoms with Crippen molar-refractivity contribution in [1.29, 1.82) is 0 Å². The molecule has 0 radical (unpaired) electrons. The van der Waals surface area contributed by atoms with E-state index in [0.717, 1.165) is 27.7 Å². The zero-order valence-corrected chi connectivity index (χ0v) is 15.6. The summed E-state index contributed by atoms with van der Waals surface area (Å²) < 4.78 is 5.73. The third-order valence-corrected chi connectivity index (χ3v) is 5.58. The van der Waals surface area contributed by atoms with Crippen LogP contribution in [-0.2, 0) is 11.2 Å². The van der Waals surface area contributed by atoms with E-state index in [4.69, 9.17) is 16.3 Å². The molecule has 1 aliphatic rings. The monoisotopic (exact) mass is 395 g/mol. The highest BCUT2D eigenvalue weighted by Crippen LogP contribution is 2.33. The molecule has 2 aromatic carbocycles. The molecule has 2 aromatic heterocycles. The quantitative estimate of drug-likeness (QED) is 0.519. The Kier molecular flexibility index (Phi) is 3.88. The first-order valence-corrected chi connectivity index (χ1v) is 9.71. The van der Waals surface area contributed by atoms with E-state index in [-0.39, 0.29) is 5.91 Å². The first-order chi connectivity index (χ1) is 13.2. The first-order valence-electron chi connectivity index (χ1n) is 8.45. The van der Waals surface area contributed by atoms with Crippen molar-refractivity contribution in [1.82, 2.24) is 9.97 Å². The topological polar surface area (TPSA) is 67.0 Å². The van der Waals surface area contributed by atoms with Crippen molar-refractivity contribution in [3.8, 4) is 17.0 Å². The largest absolute Gasteiger partial charge is 0.480 e. The van der Waals surface area contributed by atoms with Crippen LogP contribution in [0.25, 0.3) is 22.2 Å². The van der Waals surface area contributed by atoms with Gasteiger partial charge in [-0.1, -0.05) is 29.8 Å². The highest BCUT2D eigenvalue weighted by Gasteiger charge is 2.29. The van der Waals surface area contributed by atoms with Crippen LogP contribution in [0, 0.1) is 0 Å². The van der Waals surface area contributed by atoms with Gasteiger partial charge in [-0.15, -0.1) is 11.3 Å². The Bertz CT molecular complexity index is 1170. The van der Waals surface area contributed by atoms with E-state index in [0.29, 0.717) is 22.3 Å². The number of hydrogen-bond donors (Lipinski definition) is 2. The van der Waals surface area contributed by atoms with Crippen LogP contribution in [0.15, 0.2) is 54.0 Å². The predicted molar refractivity (Wildman–Crippen MR) is 108 cm³/mol. The minimum atomic E-state index is -0.570. The van der Waals surface area contributed by atoms with E-state index in [2.05, 4.69) is 15.3 Å². The summed E-state index contributed by atoms with van der Waals surface area (Å²) in [5.74, 6) is 0.500. The van der Waals surface area contributed by atoms with E-state index in [1.807, 2.05) is 41.9 Å². The Morgan fingerprint density at radius 2 is 2.19 bits per heavy atom. The summed E-state index contributed by atoms with van der Waals surface area (Å²) >= 11 is 7.40. The number of H-pyrrole nitrogens is 1. The van der Waals surface area contributed by atoms with Gasteiger partial charge in [-0.25, -0.2) is 4.98 Å². The van der Waals surface area contributed by atoms with E-state index in [9.17, 15) is 4.79 Å². The van der Waals surface area contributed by atoms with Gasteiger partial charge in [0.1, 0.15) is 5.75 Å². The molecule has 5 rings (SSSR count). The second kappa shape index (κ2) is 6.40. The number of aromatic nitrogens is 2. The molecule has 0 spiro atoms. The third kappa shape index (κ3) is 2.97. The SMILES string of the molecule is O=C(Nc1nc(-c2c[nH]c3ccccc23)cs1)C1Cc2cc(Cl)ccc2O1. The van der Waals surface area contributed by atoms with Crippen molar-refractivity contribution in [2.24, 2.45) is 0 Å². The summed E-state index contributed by atoms with van der Waals surface area (Å²) in [6.07, 6.45) is 1.87. The van der Waals surface area contributed by atoms with Crippen molar-refractivity contribution < 1.29 is 9.53 Å². The van der Waals surface area contributed by atoms with Crippen molar-refractivity contribution in [2.45, 2.75) is 12.5 Å². The zero-order chi connectivity index (χ0) is 18.4. The predicted octanol–water partition coefficient (Wildman–Crippen LogP) is 4.89. The lowest BCUT2D eigenvalue weighted by molar-refractivity contribution is -0.122. The second-order valence-corrected chi connectivity index (χ2v) is 7.63. The Labute approximate surface area is 164 Å². The number of carbonyl (C=O) groups excluding carboxylic acids is 1. The maximum Gasteiger partial charge on any atom is 0.267 e. The lowest BCUT2D eigenvalue weighted by Gasteiger charge is -2.09. The molecule has 134 valence electrons. The van der Waals surface area contributed by atoms with Crippen LogP contribution in [-0.4, -0.2) is 22.0 Å². The van der Waals surface area contributed by atoms with Crippen molar-refractivity contribution in [2.75, 3.05) is 5.32 Å². The van der Waals surface area contributed by atoms with Crippen molar-refractivity contribution in [3.63, 3.8) is 0 Å². The summed E-state index contributed by atoms with van der Waals surface area (Å²) in [5, 5.41) is 7.10. The number of benzene rings is 2. The fourth-order valence-corrected chi connectivity index (χ4v) is 4.20.